The van der Waals surface area contributed by atoms with Crippen molar-refractivity contribution >= 4 is 21.6 Å². The number of amides is 1. The summed E-state index contributed by atoms with van der Waals surface area (Å²) in [6, 6.07) is 30.4. The van der Waals surface area contributed by atoms with Gasteiger partial charge >= 0.3 is 0 Å². The summed E-state index contributed by atoms with van der Waals surface area (Å²) in [5.41, 5.74) is 4.71. The number of carbonyl (C=O) groups is 1. The van der Waals surface area contributed by atoms with E-state index in [1.165, 1.54) is 4.31 Å². The summed E-state index contributed by atoms with van der Waals surface area (Å²) in [4.78, 5) is 13.7. The summed E-state index contributed by atoms with van der Waals surface area (Å²) in [7, 11) is -3.95. The first-order valence-corrected chi connectivity index (χ1v) is 13.3. The second kappa shape index (κ2) is 10.8. The maximum Gasteiger partial charge on any atom is 0.264 e. The molecule has 5 nitrogen and oxygen atoms in total. The predicted octanol–water partition coefficient (Wildman–Crippen LogP) is 6.19. The summed E-state index contributed by atoms with van der Waals surface area (Å²) in [5.74, 6) is -0.334. The Kier molecular flexibility index (Phi) is 7.55. The fourth-order valence-electron chi connectivity index (χ4n) is 4.32. The number of hydrogen-bond acceptors (Lipinski definition) is 3. The molecule has 4 aromatic rings. The summed E-state index contributed by atoms with van der Waals surface area (Å²) in [5, 5.41) is 3.06. The molecule has 1 atom stereocenters. The molecule has 1 amide bonds. The number of anilines is 1. The average Bonchev–Trinajstić information content (AvgIpc) is 2.88. The molecule has 6 heteroatoms. The lowest BCUT2D eigenvalue weighted by Gasteiger charge is -2.27. The number of sulfonamides is 1. The van der Waals surface area contributed by atoms with Gasteiger partial charge in [-0.1, -0.05) is 84.4 Å². The third kappa shape index (κ3) is 5.50. The molecule has 0 fully saturated rings. The molecule has 4 aromatic carbocycles. The smallest absolute Gasteiger partial charge is 0.264 e. The van der Waals surface area contributed by atoms with Crippen molar-refractivity contribution in [2.75, 3.05) is 4.31 Å². The highest BCUT2D eigenvalue weighted by Crippen LogP contribution is 2.30. The number of aryl methyl sites for hydroxylation is 2. The van der Waals surface area contributed by atoms with Crippen LogP contribution in [-0.4, -0.2) is 14.3 Å². The zero-order chi connectivity index (χ0) is 25.7. The van der Waals surface area contributed by atoms with Gasteiger partial charge in [-0.15, -0.1) is 0 Å². The van der Waals surface area contributed by atoms with Gasteiger partial charge in [-0.05, 0) is 61.7 Å². The Hall–Kier alpha value is -3.90. The van der Waals surface area contributed by atoms with Crippen molar-refractivity contribution in [3.63, 3.8) is 0 Å². The Balaban J connectivity index is 1.74. The van der Waals surface area contributed by atoms with Crippen LogP contribution in [0.2, 0.25) is 0 Å². The molecule has 0 heterocycles. The van der Waals surface area contributed by atoms with Crippen molar-refractivity contribution in [3.05, 3.63) is 131 Å². The minimum atomic E-state index is -3.95. The molecule has 36 heavy (non-hydrogen) atoms. The third-order valence-corrected chi connectivity index (χ3v) is 7.93. The topological polar surface area (TPSA) is 66.5 Å². The third-order valence-electron chi connectivity index (χ3n) is 6.16. The van der Waals surface area contributed by atoms with Gasteiger partial charge in [0, 0.05) is 0 Å². The van der Waals surface area contributed by atoms with E-state index in [4.69, 9.17) is 0 Å². The number of para-hydroxylation sites is 1. The Morgan fingerprint density at radius 2 is 1.44 bits per heavy atom. The van der Waals surface area contributed by atoms with Crippen LogP contribution in [0.15, 0.2) is 108 Å². The number of nitrogens with one attached hydrogen (secondary N) is 1. The van der Waals surface area contributed by atoms with E-state index in [1.54, 1.807) is 54.6 Å². The highest BCUT2D eigenvalue weighted by Gasteiger charge is 2.29. The molecule has 184 valence electrons. The number of benzene rings is 4. The van der Waals surface area contributed by atoms with E-state index in [-0.39, 0.29) is 23.4 Å². The van der Waals surface area contributed by atoms with E-state index in [9.17, 15) is 13.2 Å². The molecule has 1 N–H and O–H groups in total. The van der Waals surface area contributed by atoms with Gasteiger partial charge in [0.1, 0.15) is 0 Å². The Bertz CT molecular complexity index is 1450. The molecule has 0 aromatic heterocycles. The van der Waals surface area contributed by atoms with Crippen molar-refractivity contribution in [3.8, 4) is 0 Å². The quantitative estimate of drug-likeness (QED) is 0.315. The fourth-order valence-corrected chi connectivity index (χ4v) is 5.81. The molecule has 4 rings (SSSR count). The molecular formula is C30H30N2O3S. The monoisotopic (exact) mass is 498 g/mol. The molecule has 0 bridgehead atoms. The van der Waals surface area contributed by atoms with Gasteiger partial charge in [-0.2, -0.15) is 0 Å². The van der Waals surface area contributed by atoms with Gasteiger partial charge in [0.25, 0.3) is 15.9 Å². The Morgan fingerprint density at radius 3 is 2.11 bits per heavy atom. The van der Waals surface area contributed by atoms with Gasteiger partial charge in [0.2, 0.25) is 0 Å². The molecule has 0 aliphatic heterocycles. The first-order valence-electron chi connectivity index (χ1n) is 11.9. The standard InChI is InChI=1S/C30H30N2O3S/c1-22-18-19-27(23(2)20-22)24(3)31-30(33)28-16-10-11-17-29(28)32(21-25-12-6-4-7-13-25)36(34,35)26-14-8-5-9-15-26/h4-20,24H,21H2,1-3H3,(H,31,33). The van der Waals surface area contributed by atoms with Crippen LogP contribution in [0.5, 0.6) is 0 Å². The molecule has 1 unspecified atom stereocenters. The van der Waals surface area contributed by atoms with E-state index in [0.29, 0.717) is 11.3 Å². The maximum absolute atomic E-state index is 13.8. The van der Waals surface area contributed by atoms with Crippen LogP contribution in [0.3, 0.4) is 0 Å². The lowest BCUT2D eigenvalue weighted by atomic mass is 10.00. The summed E-state index contributed by atoms with van der Waals surface area (Å²) >= 11 is 0. The fraction of sp³-hybridized carbons (Fsp3) is 0.167. The SMILES string of the molecule is Cc1ccc(C(C)NC(=O)c2ccccc2N(Cc2ccccc2)S(=O)(=O)c2ccccc2)c(C)c1. The molecule has 0 aliphatic carbocycles. The Morgan fingerprint density at radius 1 is 0.833 bits per heavy atom. The van der Waals surface area contributed by atoms with Crippen molar-refractivity contribution < 1.29 is 13.2 Å². The zero-order valence-corrected chi connectivity index (χ0v) is 21.5. The van der Waals surface area contributed by atoms with Crippen LogP contribution in [-0.2, 0) is 16.6 Å². The lowest BCUT2D eigenvalue weighted by Crippen LogP contribution is -2.34. The van der Waals surface area contributed by atoms with Crippen LogP contribution < -0.4 is 9.62 Å². The van der Waals surface area contributed by atoms with Crippen molar-refractivity contribution in [2.45, 2.75) is 38.3 Å². The second-order valence-electron chi connectivity index (χ2n) is 8.88. The number of hydrogen-bond donors (Lipinski definition) is 1. The van der Waals surface area contributed by atoms with Crippen LogP contribution in [0.1, 0.15) is 45.6 Å². The van der Waals surface area contributed by atoms with Crippen molar-refractivity contribution in [1.29, 1.82) is 0 Å². The Labute approximate surface area is 213 Å². The van der Waals surface area contributed by atoms with E-state index in [0.717, 1.165) is 22.3 Å². The van der Waals surface area contributed by atoms with Gasteiger partial charge in [-0.25, -0.2) is 8.42 Å². The van der Waals surface area contributed by atoms with Gasteiger partial charge < -0.3 is 5.32 Å². The van der Waals surface area contributed by atoms with Crippen molar-refractivity contribution in [1.82, 2.24) is 5.32 Å². The average molecular weight is 499 g/mol. The summed E-state index contributed by atoms with van der Waals surface area (Å²) in [6.07, 6.45) is 0. The molecule has 0 radical (unpaired) electrons. The number of nitrogens with zero attached hydrogens (tertiary/aromatic N) is 1. The van der Waals surface area contributed by atoms with E-state index >= 15 is 0 Å². The maximum atomic E-state index is 13.8. The van der Waals surface area contributed by atoms with E-state index in [1.807, 2.05) is 63.2 Å². The molecule has 0 saturated heterocycles. The first-order chi connectivity index (χ1) is 17.3. The van der Waals surface area contributed by atoms with Gasteiger partial charge in [0.05, 0.1) is 28.7 Å². The van der Waals surface area contributed by atoms with E-state index in [2.05, 4.69) is 11.4 Å². The summed E-state index contributed by atoms with van der Waals surface area (Å²) < 4.78 is 29.0. The first kappa shape index (κ1) is 25.2. The molecule has 0 saturated carbocycles. The number of carbonyl (C=O) groups excluding carboxylic acids is 1. The van der Waals surface area contributed by atoms with Crippen LogP contribution >= 0.6 is 0 Å². The largest absolute Gasteiger partial charge is 0.345 e. The highest BCUT2D eigenvalue weighted by atomic mass is 32.2. The molecule has 0 spiro atoms. The van der Waals surface area contributed by atoms with Crippen molar-refractivity contribution in [2.24, 2.45) is 0 Å². The van der Waals surface area contributed by atoms with Gasteiger partial charge in [0.15, 0.2) is 0 Å². The highest BCUT2D eigenvalue weighted by molar-refractivity contribution is 7.92. The zero-order valence-electron chi connectivity index (χ0n) is 20.7. The summed E-state index contributed by atoms with van der Waals surface area (Å²) in [6.45, 7) is 6.08. The van der Waals surface area contributed by atoms with Crippen LogP contribution in [0, 0.1) is 13.8 Å². The van der Waals surface area contributed by atoms with Gasteiger partial charge in [-0.3, -0.25) is 9.10 Å². The number of rotatable bonds is 8. The normalized spacial score (nSPS) is 12.1. The minimum Gasteiger partial charge on any atom is -0.345 e. The van der Waals surface area contributed by atoms with Crippen LogP contribution in [0.4, 0.5) is 5.69 Å². The lowest BCUT2D eigenvalue weighted by molar-refractivity contribution is 0.0940. The predicted molar refractivity (Wildman–Crippen MR) is 144 cm³/mol. The van der Waals surface area contributed by atoms with Crippen LogP contribution in [0.25, 0.3) is 0 Å². The molecule has 0 aliphatic rings. The second-order valence-corrected chi connectivity index (χ2v) is 10.7. The van der Waals surface area contributed by atoms with E-state index < -0.39 is 10.0 Å². The minimum absolute atomic E-state index is 0.0922. The molecular weight excluding hydrogens is 468 g/mol.